The average molecular weight is 287 g/mol. The molecule has 0 bridgehead atoms. The number of ether oxygens (including phenoxy) is 1. The Labute approximate surface area is 123 Å². The van der Waals surface area contributed by atoms with Crippen LogP contribution in [0.1, 0.15) is 17.5 Å². The third-order valence-electron chi connectivity index (χ3n) is 3.21. The maximum absolute atomic E-state index is 12.8. The molecule has 1 N–H and O–H groups in total. The van der Waals surface area contributed by atoms with Gasteiger partial charge in [-0.1, -0.05) is 24.3 Å². The summed E-state index contributed by atoms with van der Waals surface area (Å²) < 4.78 is 17.4. The Bertz CT molecular complexity index is 579. The molecule has 0 aliphatic rings. The summed E-state index contributed by atoms with van der Waals surface area (Å²) in [6.07, 6.45) is 1.06. The Balaban J connectivity index is 1.84. The summed E-state index contributed by atoms with van der Waals surface area (Å²) in [6.45, 7) is 0.641. The Kier molecular flexibility index (Phi) is 5.32. The van der Waals surface area contributed by atoms with Gasteiger partial charge in [-0.05, 0) is 41.8 Å². The molecule has 0 aromatic heterocycles. The highest BCUT2D eigenvalue weighted by Gasteiger charge is 2.01. The van der Waals surface area contributed by atoms with Gasteiger partial charge in [0.2, 0.25) is 0 Å². The first-order valence-electron chi connectivity index (χ1n) is 6.81. The van der Waals surface area contributed by atoms with Crippen molar-refractivity contribution in [3.63, 3.8) is 0 Å². The van der Waals surface area contributed by atoms with Gasteiger partial charge in [0, 0.05) is 18.7 Å². The van der Waals surface area contributed by atoms with Crippen molar-refractivity contribution in [3.8, 4) is 0 Å². The number of hydrogen-bond acceptors (Lipinski definition) is 3. The molecule has 2 aromatic rings. The highest BCUT2D eigenvalue weighted by molar-refractivity contribution is 5.69. The molecule has 2 rings (SSSR count). The lowest BCUT2D eigenvalue weighted by molar-refractivity contribution is -0.140. The number of rotatable bonds is 6. The molecule has 0 spiro atoms. The van der Waals surface area contributed by atoms with E-state index in [1.54, 1.807) is 12.1 Å². The summed E-state index contributed by atoms with van der Waals surface area (Å²) in [5, 5.41) is 3.27. The zero-order chi connectivity index (χ0) is 15.1. The van der Waals surface area contributed by atoms with Gasteiger partial charge in [-0.25, -0.2) is 4.39 Å². The van der Waals surface area contributed by atoms with Gasteiger partial charge in [0.1, 0.15) is 5.82 Å². The molecule has 3 nitrogen and oxygen atoms in total. The van der Waals surface area contributed by atoms with Crippen LogP contribution in [0.4, 0.5) is 10.1 Å². The van der Waals surface area contributed by atoms with Gasteiger partial charge < -0.3 is 10.1 Å². The van der Waals surface area contributed by atoms with Crippen molar-refractivity contribution in [3.05, 3.63) is 65.5 Å². The molecule has 0 atom stereocenters. The second-order valence-corrected chi connectivity index (χ2v) is 4.75. The molecule has 2 aromatic carbocycles. The molecule has 0 saturated heterocycles. The number of aryl methyl sites for hydroxylation is 1. The van der Waals surface area contributed by atoms with Crippen molar-refractivity contribution in [2.75, 3.05) is 12.4 Å². The van der Waals surface area contributed by atoms with Crippen LogP contribution in [0.5, 0.6) is 0 Å². The molecule has 0 aliphatic carbocycles. The molecule has 0 aliphatic heterocycles. The Morgan fingerprint density at radius 1 is 1.05 bits per heavy atom. The normalized spacial score (nSPS) is 10.2. The molecule has 0 unspecified atom stereocenters. The van der Waals surface area contributed by atoms with Crippen molar-refractivity contribution in [2.24, 2.45) is 0 Å². The first kappa shape index (κ1) is 15.0. The van der Waals surface area contributed by atoms with Crippen LogP contribution in [0, 0.1) is 5.82 Å². The number of esters is 1. The third kappa shape index (κ3) is 4.91. The number of benzene rings is 2. The Hall–Kier alpha value is -2.36. The van der Waals surface area contributed by atoms with E-state index in [-0.39, 0.29) is 11.8 Å². The number of nitrogens with one attached hydrogen (secondary N) is 1. The largest absolute Gasteiger partial charge is 0.469 e. The number of hydrogen-bond donors (Lipinski definition) is 1. The lowest BCUT2D eigenvalue weighted by Crippen LogP contribution is -2.02. The number of anilines is 1. The first-order chi connectivity index (χ1) is 10.2. The second-order valence-electron chi connectivity index (χ2n) is 4.75. The van der Waals surface area contributed by atoms with Gasteiger partial charge in [-0.15, -0.1) is 0 Å². The van der Waals surface area contributed by atoms with E-state index in [0.717, 1.165) is 16.8 Å². The van der Waals surface area contributed by atoms with Crippen LogP contribution in [-0.2, 0) is 22.5 Å². The summed E-state index contributed by atoms with van der Waals surface area (Å²) in [5.41, 5.74) is 3.10. The molecule has 21 heavy (non-hydrogen) atoms. The van der Waals surface area contributed by atoms with E-state index in [2.05, 4.69) is 10.1 Å². The van der Waals surface area contributed by atoms with Gasteiger partial charge in [-0.2, -0.15) is 0 Å². The molecule has 0 amide bonds. The molecule has 4 heteroatoms. The van der Waals surface area contributed by atoms with Crippen molar-refractivity contribution in [1.29, 1.82) is 0 Å². The lowest BCUT2D eigenvalue weighted by atomic mass is 10.1. The predicted molar refractivity (Wildman–Crippen MR) is 80.5 cm³/mol. The highest BCUT2D eigenvalue weighted by Crippen LogP contribution is 2.13. The smallest absolute Gasteiger partial charge is 0.305 e. The van der Waals surface area contributed by atoms with Crippen LogP contribution in [-0.4, -0.2) is 13.1 Å². The minimum Gasteiger partial charge on any atom is -0.469 e. The monoisotopic (exact) mass is 287 g/mol. The van der Waals surface area contributed by atoms with Crippen molar-refractivity contribution >= 4 is 11.7 Å². The van der Waals surface area contributed by atoms with Gasteiger partial charge >= 0.3 is 5.97 Å². The minimum atomic E-state index is -0.228. The summed E-state index contributed by atoms with van der Waals surface area (Å²) in [4.78, 5) is 11.1. The standard InChI is InChI=1S/C17H18FNO2/c1-21-17(20)11-6-13-4-9-16(10-5-13)19-12-14-2-7-15(18)8-3-14/h2-5,7-10,19H,6,11-12H2,1H3. The second kappa shape index (κ2) is 7.43. The van der Waals surface area contributed by atoms with Crippen LogP contribution in [0.15, 0.2) is 48.5 Å². The van der Waals surface area contributed by atoms with Gasteiger partial charge in [0.25, 0.3) is 0 Å². The number of methoxy groups -OCH3 is 1. The molecular formula is C17H18FNO2. The average Bonchev–Trinajstić information content (AvgIpc) is 2.53. The zero-order valence-electron chi connectivity index (χ0n) is 11.9. The van der Waals surface area contributed by atoms with E-state index in [0.29, 0.717) is 19.4 Å². The van der Waals surface area contributed by atoms with Crippen molar-refractivity contribution in [2.45, 2.75) is 19.4 Å². The van der Waals surface area contributed by atoms with E-state index in [1.165, 1.54) is 19.2 Å². The summed E-state index contributed by atoms with van der Waals surface area (Å²) in [7, 11) is 1.39. The van der Waals surface area contributed by atoms with Crippen LogP contribution in [0.2, 0.25) is 0 Å². The zero-order valence-corrected chi connectivity index (χ0v) is 11.9. The van der Waals surface area contributed by atoms with E-state index >= 15 is 0 Å². The van der Waals surface area contributed by atoms with E-state index in [9.17, 15) is 9.18 Å². The molecular weight excluding hydrogens is 269 g/mol. The van der Waals surface area contributed by atoms with Gasteiger partial charge in [0.15, 0.2) is 0 Å². The number of carbonyl (C=O) groups excluding carboxylic acids is 1. The van der Waals surface area contributed by atoms with Gasteiger partial charge in [-0.3, -0.25) is 4.79 Å². The van der Waals surface area contributed by atoms with E-state index in [1.807, 2.05) is 24.3 Å². The topological polar surface area (TPSA) is 38.3 Å². The quantitative estimate of drug-likeness (QED) is 0.826. The Morgan fingerprint density at radius 3 is 2.29 bits per heavy atom. The number of carbonyl (C=O) groups is 1. The van der Waals surface area contributed by atoms with Crippen LogP contribution >= 0.6 is 0 Å². The Morgan fingerprint density at radius 2 is 1.67 bits per heavy atom. The molecule has 110 valence electrons. The summed E-state index contributed by atoms with van der Waals surface area (Å²) in [5.74, 6) is -0.428. The SMILES string of the molecule is COC(=O)CCc1ccc(NCc2ccc(F)cc2)cc1. The molecule has 0 heterocycles. The molecule has 0 fully saturated rings. The summed E-state index contributed by atoms with van der Waals surface area (Å²) in [6, 6.07) is 14.3. The third-order valence-corrected chi connectivity index (χ3v) is 3.21. The highest BCUT2D eigenvalue weighted by atomic mass is 19.1. The fourth-order valence-electron chi connectivity index (χ4n) is 1.94. The maximum Gasteiger partial charge on any atom is 0.305 e. The molecule has 0 radical (unpaired) electrons. The fraction of sp³-hybridized carbons (Fsp3) is 0.235. The van der Waals surface area contributed by atoms with Crippen LogP contribution in [0.25, 0.3) is 0 Å². The van der Waals surface area contributed by atoms with Crippen LogP contribution < -0.4 is 5.32 Å². The maximum atomic E-state index is 12.8. The minimum absolute atomic E-state index is 0.200. The van der Waals surface area contributed by atoms with Crippen molar-refractivity contribution in [1.82, 2.24) is 0 Å². The van der Waals surface area contributed by atoms with Crippen LogP contribution in [0.3, 0.4) is 0 Å². The lowest BCUT2D eigenvalue weighted by Gasteiger charge is -2.08. The number of halogens is 1. The predicted octanol–water partition coefficient (Wildman–Crippen LogP) is 3.54. The van der Waals surface area contributed by atoms with Gasteiger partial charge in [0.05, 0.1) is 7.11 Å². The fourth-order valence-corrected chi connectivity index (χ4v) is 1.94. The molecule has 0 saturated carbocycles. The summed E-state index contributed by atoms with van der Waals surface area (Å²) >= 11 is 0. The van der Waals surface area contributed by atoms with E-state index < -0.39 is 0 Å². The van der Waals surface area contributed by atoms with Crippen molar-refractivity contribution < 1.29 is 13.9 Å². The first-order valence-corrected chi connectivity index (χ1v) is 6.81. The van der Waals surface area contributed by atoms with E-state index in [4.69, 9.17) is 0 Å².